The van der Waals surface area contributed by atoms with Crippen molar-refractivity contribution in [1.82, 2.24) is 25.4 Å². The minimum Gasteiger partial charge on any atom is -0.392 e. The Morgan fingerprint density at radius 1 is 1.15 bits per heavy atom. The smallest absolute Gasteiger partial charge is 0.255 e. The number of hydrogen-bond acceptors (Lipinski definition) is 6. The van der Waals surface area contributed by atoms with Crippen LogP contribution in [0.4, 0.5) is 5.82 Å². The van der Waals surface area contributed by atoms with E-state index in [-0.39, 0.29) is 23.9 Å². The number of hydrogen-bond donors (Lipinski definition) is 4. The van der Waals surface area contributed by atoms with Gasteiger partial charge < -0.3 is 21.5 Å². The van der Waals surface area contributed by atoms with Crippen molar-refractivity contribution in [3.8, 4) is 11.1 Å². The van der Waals surface area contributed by atoms with E-state index in [4.69, 9.17) is 10.8 Å². The molecule has 3 aromatic rings. The van der Waals surface area contributed by atoms with Gasteiger partial charge in [-0.2, -0.15) is 5.10 Å². The molecule has 176 valence electrons. The maximum atomic E-state index is 12.6. The molecule has 0 aliphatic rings. The lowest BCUT2D eigenvalue weighted by molar-refractivity contribution is -0.123. The Bertz CT molecular complexity index is 1040. The molecule has 9 nitrogen and oxygen atoms in total. The number of aromatic nitrogens is 3. The quantitative estimate of drug-likeness (QED) is 0.414. The van der Waals surface area contributed by atoms with E-state index >= 15 is 0 Å². The second kappa shape index (κ2) is 13.0. The van der Waals surface area contributed by atoms with Crippen molar-refractivity contribution in [1.29, 1.82) is 0 Å². The number of aliphatic hydroxyl groups is 1. The Morgan fingerprint density at radius 2 is 1.88 bits per heavy atom. The number of anilines is 1. The lowest BCUT2D eigenvalue weighted by Gasteiger charge is -2.17. The lowest BCUT2D eigenvalue weighted by atomic mass is 10.1. The number of aryl methyl sites for hydroxylation is 1. The van der Waals surface area contributed by atoms with Crippen LogP contribution in [-0.4, -0.2) is 44.3 Å². The van der Waals surface area contributed by atoms with Crippen molar-refractivity contribution in [3.05, 3.63) is 66.1 Å². The highest BCUT2D eigenvalue weighted by molar-refractivity contribution is 6.01. The average molecular weight is 453 g/mol. The Hall–Kier alpha value is -3.72. The Labute approximate surface area is 194 Å². The number of aliphatic hydroxyl groups excluding tert-OH is 1. The zero-order chi connectivity index (χ0) is 24.2. The zero-order valence-electron chi connectivity index (χ0n) is 19.3. The summed E-state index contributed by atoms with van der Waals surface area (Å²) in [6, 6.07) is 10.6. The van der Waals surface area contributed by atoms with Crippen LogP contribution in [-0.2, 0) is 18.4 Å². The first-order valence-corrected chi connectivity index (χ1v) is 10.9. The first-order chi connectivity index (χ1) is 15.9. The molecule has 0 saturated heterocycles. The SMILES string of the molecule is CCCNC(=O)C(CC)NC(=O)c1cc(-c2cnn(C)c2)cnc1N.OCc1ccccc1. The predicted molar refractivity (Wildman–Crippen MR) is 128 cm³/mol. The van der Waals surface area contributed by atoms with Crippen molar-refractivity contribution in [2.24, 2.45) is 7.05 Å². The molecule has 0 fully saturated rings. The topological polar surface area (TPSA) is 135 Å². The Kier molecular flexibility index (Phi) is 10.0. The van der Waals surface area contributed by atoms with Crippen molar-refractivity contribution in [2.45, 2.75) is 39.3 Å². The molecule has 2 heterocycles. The van der Waals surface area contributed by atoms with Crippen molar-refractivity contribution >= 4 is 17.6 Å². The number of nitrogens with two attached hydrogens (primary N) is 1. The summed E-state index contributed by atoms with van der Waals surface area (Å²) in [5.41, 5.74) is 8.62. The van der Waals surface area contributed by atoms with Crippen LogP contribution < -0.4 is 16.4 Å². The molecule has 1 unspecified atom stereocenters. The molecule has 5 N–H and O–H groups in total. The molecule has 2 amide bonds. The van der Waals surface area contributed by atoms with E-state index < -0.39 is 11.9 Å². The molecule has 1 aromatic carbocycles. The normalized spacial score (nSPS) is 11.2. The van der Waals surface area contributed by atoms with E-state index in [0.29, 0.717) is 13.0 Å². The van der Waals surface area contributed by atoms with E-state index in [1.807, 2.05) is 57.4 Å². The summed E-state index contributed by atoms with van der Waals surface area (Å²) in [6.45, 7) is 4.52. The van der Waals surface area contributed by atoms with E-state index in [0.717, 1.165) is 23.1 Å². The molecule has 1 atom stereocenters. The number of nitrogens with one attached hydrogen (secondary N) is 2. The van der Waals surface area contributed by atoms with Gasteiger partial charge in [0.05, 0.1) is 18.4 Å². The highest BCUT2D eigenvalue weighted by Crippen LogP contribution is 2.21. The van der Waals surface area contributed by atoms with Crippen LogP contribution >= 0.6 is 0 Å². The standard InChI is InChI=1S/C17H24N6O2.C7H8O/c1-4-6-19-17(25)14(5-2)22-16(24)13-7-11(8-20-15(13)18)12-9-21-23(3)10-12;8-6-7-4-2-1-3-5-7/h7-10,14H,4-6H2,1-3H3,(H2,18,20)(H,19,25)(H,22,24);1-5,8H,6H2. The minimum absolute atomic E-state index is 0.119. The van der Waals surface area contributed by atoms with Gasteiger partial charge in [-0.25, -0.2) is 4.98 Å². The summed E-state index contributed by atoms with van der Waals surface area (Å²) in [5.74, 6) is -0.504. The summed E-state index contributed by atoms with van der Waals surface area (Å²) in [5, 5.41) is 18.2. The van der Waals surface area contributed by atoms with Crippen LogP contribution in [0.3, 0.4) is 0 Å². The first kappa shape index (κ1) is 25.5. The molecule has 2 aromatic heterocycles. The maximum Gasteiger partial charge on any atom is 0.255 e. The number of pyridine rings is 1. The fourth-order valence-electron chi connectivity index (χ4n) is 2.93. The zero-order valence-corrected chi connectivity index (χ0v) is 19.3. The summed E-state index contributed by atoms with van der Waals surface area (Å²) >= 11 is 0. The molecule has 0 spiro atoms. The number of carbonyl (C=O) groups excluding carboxylic acids is 2. The molecule has 9 heteroatoms. The molecule has 0 aliphatic carbocycles. The number of carbonyl (C=O) groups is 2. The third-order valence-electron chi connectivity index (χ3n) is 4.81. The van der Waals surface area contributed by atoms with Gasteiger partial charge >= 0.3 is 0 Å². The number of nitrogen functional groups attached to an aromatic ring is 1. The number of benzene rings is 1. The van der Waals surface area contributed by atoms with Crippen molar-refractivity contribution < 1.29 is 14.7 Å². The van der Waals surface area contributed by atoms with Crippen LogP contribution in [0.15, 0.2) is 55.0 Å². The fourth-order valence-corrected chi connectivity index (χ4v) is 2.93. The van der Waals surface area contributed by atoms with E-state index in [9.17, 15) is 9.59 Å². The molecular formula is C24H32N6O3. The van der Waals surface area contributed by atoms with Gasteiger partial charge in [0.15, 0.2) is 0 Å². The highest BCUT2D eigenvalue weighted by atomic mass is 16.3. The molecule has 0 saturated carbocycles. The number of nitrogens with zero attached hydrogens (tertiary/aromatic N) is 3. The van der Waals surface area contributed by atoms with Crippen LogP contribution in [0.5, 0.6) is 0 Å². The largest absolute Gasteiger partial charge is 0.392 e. The second-order valence-electron chi connectivity index (χ2n) is 7.43. The summed E-state index contributed by atoms with van der Waals surface area (Å²) in [7, 11) is 1.81. The molecule has 33 heavy (non-hydrogen) atoms. The van der Waals surface area contributed by atoms with Crippen LogP contribution in [0.1, 0.15) is 42.6 Å². The van der Waals surface area contributed by atoms with Gasteiger partial charge in [-0.15, -0.1) is 0 Å². The summed E-state index contributed by atoms with van der Waals surface area (Å²) < 4.78 is 1.66. The summed E-state index contributed by atoms with van der Waals surface area (Å²) in [6.07, 6.45) is 6.41. The number of rotatable bonds is 8. The van der Waals surface area contributed by atoms with Gasteiger partial charge in [0, 0.05) is 37.1 Å². The van der Waals surface area contributed by atoms with Gasteiger partial charge in [0.25, 0.3) is 5.91 Å². The lowest BCUT2D eigenvalue weighted by Crippen LogP contribution is -2.46. The van der Waals surface area contributed by atoms with Gasteiger partial charge in [-0.1, -0.05) is 44.2 Å². The van der Waals surface area contributed by atoms with Gasteiger partial charge in [-0.05, 0) is 24.5 Å². The third kappa shape index (κ3) is 7.73. The van der Waals surface area contributed by atoms with Gasteiger partial charge in [-0.3, -0.25) is 14.3 Å². The molecule has 0 aliphatic heterocycles. The van der Waals surface area contributed by atoms with Crippen LogP contribution in [0.25, 0.3) is 11.1 Å². The molecular weight excluding hydrogens is 420 g/mol. The highest BCUT2D eigenvalue weighted by Gasteiger charge is 2.21. The minimum atomic E-state index is -0.611. The molecule has 0 bridgehead atoms. The van der Waals surface area contributed by atoms with Crippen LogP contribution in [0.2, 0.25) is 0 Å². The van der Waals surface area contributed by atoms with Crippen molar-refractivity contribution in [3.63, 3.8) is 0 Å². The second-order valence-corrected chi connectivity index (χ2v) is 7.43. The first-order valence-electron chi connectivity index (χ1n) is 10.9. The van der Waals surface area contributed by atoms with E-state index in [1.54, 1.807) is 23.1 Å². The van der Waals surface area contributed by atoms with E-state index in [1.165, 1.54) is 0 Å². The predicted octanol–water partition coefficient (Wildman–Crippen LogP) is 2.28. The monoisotopic (exact) mass is 452 g/mol. The van der Waals surface area contributed by atoms with Gasteiger partial charge in [0.2, 0.25) is 5.91 Å². The molecule has 0 radical (unpaired) electrons. The Balaban J connectivity index is 0.000000405. The maximum absolute atomic E-state index is 12.6. The third-order valence-corrected chi connectivity index (χ3v) is 4.81. The fraction of sp³-hybridized carbons (Fsp3) is 0.333. The van der Waals surface area contributed by atoms with Gasteiger partial charge in [0.1, 0.15) is 11.9 Å². The van der Waals surface area contributed by atoms with E-state index in [2.05, 4.69) is 20.7 Å². The van der Waals surface area contributed by atoms with Crippen molar-refractivity contribution in [2.75, 3.05) is 12.3 Å². The number of amides is 2. The Morgan fingerprint density at radius 3 is 2.42 bits per heavy atom. The summed E-state index contributed by atoms with van der Waals surface area (Å²) in [4.78, 5) is 28.8. The van der Waals surface area contributed by atoms with Crippen LogP contribution in [0, 0.1) is 0 Å². The average Bonchev–Trinajstić information content (AvgIpc) is 3.28. The molecule has 3 rings (SSSR count).